The van der Waals surface area contributed by atoms with Gasteiger partial charge in [-0.05, 0) is 66.8 Å². The Morgan fingerprint density at radius 3 is 2.41 bits per heavy atom. The molecule has 0 saturated heterocycles. The molecular formula is C30H26F3N3O5. The van der Waals surface area contributed by atoms with Crippen LogP contribution in [0.5, 0.6) is 5.75 Å². The number of carboxylic acid groups (broad SMARTS) is 1. The highest BCUT2D eigenvalue weighted by atomic mass is 19.4. The van der Waals surface area contributed by atoms with Gasteiger partial charge in [0, 0.05) is 17.9 Å². The highest BCUT2D eigenvalue weighted by Crippen LogP contribution is 2.40. The lowest BCUT2D eigenvalue weighted by atomic mass is 9.84. The number of aromatic nitrogens is 3. The first-order valence-corrected chi connectivity index (χ1v) is 13.1. The van der Waals surface area contributed by atoms with Gasteiger partial charge in [0.25, 0.3) is 5.56 Å². The van der Waals surface area contributed by atoms with E-state index in [0.717, 1.165) is 28.8 Å². The van der Waals surface area contributed by atoms with Gasteiger partial charge in [0.05, 0.1) is 30.0 Å². The molecule has 1 N–H and O–H groups in total. The molecule has 1 aliphatic rings. The molecule has 0 radical (unpaired) electrons. The molecule has 1 heterocycles. The van der Waals surface area contributed by atoms with Crippen molar-refractivity contribution in [2.24, 2.45) is 17.8 Å². The number of carbonyl (C=O) groups excluding carboxylic acids is 1. The Bertz CT molecular complexity index is 1620. The third-order valence-corrected chi connectivity index (χ3v) is 7.51. The van der Waals surface area contributed by atoms with E-state index in [1.165, 1.54) is 0 Å². The number of Topliss-reactive ketones (excluding diaryl/α,β-unsaturated/α-hetero) is 1. The average Bonchev–Trinajstić information content (AvgIpc) is 3.38. The van der Waals surface area contributed by atoms with E-state index in [-0.39, 0.29) is 29.7 Å². The Kier molecular flexibility index (Phi) is 7.87. The largest absolute Gasteiger partial charge is 0.493 e. The highest BCUT2D eigenvalue weighted by Gasteiger charge is 2.45. The number of ether oxygens (including phenoxy) is 1. The summed E-state index contributed by atoms with van der Waals surface area (Å²) in [5.41, 5.74) is -0.314. The van der Waals surface area contributed by atoms with Gasteiger partial charge in [0.1, 0.15) is 11.3 Å². The first-order valence-electron chi connectivity index (χ1n) is 13.1. The van der Waals surface area contributed by atoms with E-state index in [1.807, 2.05) is 30.3 Å². The van der Waals surface area contributed by atoms with Crippen LogP contribution < -0.4 is 10.3 Å². The molecular weight excluding hydrogens is 539 g/mol. The second-order valence-corrected chi connectivity index (χ2v) is 10.1. The summed E-state index contributed by atoms with van der Waals surface area (Å²) in [5.74, 6) is -3.51. The standard InChI is InChI=1S/C30H26F3N3O5/c31-30(32,33)21-9-13-25-24(16-21)28(38)36(35-34-25)17-20-8-12-23(26(20)29(39)40)27(37)19-6-10-22(11-7-19)41-15-14-18-4-2-1-3-5-18/h1-7,9-11,13,16,20,23,26H,8,12,14-15,17H2,(H,39,40). The second-order valence-electron chi connectivity index (χ2n) is 10.1. The minimum Gasteiger partial charge on any atom is -0.493 e. The van der Waals surface area contributed by atoms with Gasteiger partial charge >= 0.3 is 12.1 Å². The van der Waals surface area contributed by atoms with Crippen molar-refractivity contribution < 1.29 is 32.6 Å². The fraction of sp³-hybridized carbons (Fsp3) is 0.300. The zero-order valence-electron chi connectivity index (χ0n) is 21.8. The second kappa shape index (κ2) is 11.5. The number of fused-ring (bicyclic) bond motifs is 1. The van der Waals surface area contributed by atoms with Crippen LogP contribution in [-0.2, 0) is 23.9 Å². The third kappa shape index (κ3) is 6.13. The molecule has 11 heteroatoms. The number of nitrogens with zero attached hydrogens (tertiary/aromatic N) is 3. The van der Waals surface area contributed by atoms with Crippen LogP contribution in [0.15, 0.2) is 77.6 Å². The van der Waals surface area contributed by atoms with E-state index >= 15 is 0 Å². The molecule has 0 bridgehead atoms. The molecule has 0 spiro atoms. The fourth-order valence-corrected chi connectivity index (χ4v) is 5.41. The zero-order chi connectivity index (χ0) is 29.1. The van der Waals surface area contributed by atoms with Crippen molar-refractivity contribution in [1.82, 2.24) is 15.0 Å². The van der Waals surface area contributed by atoms with E-state index in [2.05, 4.69) is 10.3 Å². The molecule has 3 aromatic carbocycles. The average molecular weight is 566 g/mol. The Morgan fingerprint density at radius 1 is 1.00 bits per heavy atom. The molecule has 1 saturated carbocycles. The maximum absolute atomic E-state index is 13.3. The number of hydrogen-bond donors (Lipinski definition) is 1. The maximum atomic E-state index is 13.3. The molecule has 41 heavy (non-hydrogen) atoms. The molecule has 5 rings (SSSR count). The van der Waals surface area contributed by atoms with Crippen molar-refractivity contribution in [3.8, 4) is 5.75 Å². The quantitative estimate of drug-likeness (QED) is 0.283. The van der Waals surface area contributed by atoms with Gasteiger partial charge in [-0.3, -0.25) is 14.4 Å². The SMILES string of the molecule is O=C(c1ccc(OCCc2ccccc2)cc1)C1CCC(Cn2nnc3ccc(C(F)(F)F)cc3c2=O)C1C(=O)O. The predicted octanol–water partition coefficient (Wildman–Crippen LogP) is 5.04. The van der Waals surface area contributed by atoms with Crippen LogP contribution in [0.25, 0.3) is 10.9 Å². The lowest BCUT2D eigenvalue weighted by Gasteiger charge is -2.20. The molecule has 8 nitrogen and oxygen atoms in total. The molecule has 4 aromatic rings. The Morgan fingerprint density at radius 2 is 1.73 bits per heavy atom. The third-order valence-electron chi connectivity index (χ3n) is 7.51. The smallest absolute Gasteiger partial charge is 0.416 e. The summed E-state index contributed by atoms with van der Waals surface area (Å²) in [6, 6.07) is 19.0. The maximum Gasteiger partial charge on any atom is 0.416 e. The van der Waals surface area contributed by atoms with Crippen LogP contribution in [0, 0.1) is 17.8 Å². The molecule has 0 aliphatic heterocycles. The van der Waals surface area contributed by atoms with Gasteiger partial charge in [0.2, 0.25) is 0 Å². The van der Waals surface area contributed by atoms with E-state index in [0.29, 0.717) is 30.4 Å². The van der Waals surface area contributed by atoms with Crippen LogP contribution in [0.1, 0.15) is 34.3 Å². The van der Waals surface area contributed by atoms with Crippen molar-refractivity contribution in [3.63, 3.8) is 0 Å². The lowest BCUT2D eigenvalue weighted by molar-refractivity contribution is -0.144. The van der Waals surface area contributed by atoms with Gasteiger partial charge in [-0.1, -0.05) is 35.5 Å². The van der Waals surface area contributed by atoms with Crippen LogP contribution in [0.4, 0.5) is 13.2 Å². The van der Waals surface area contributed by atoms with Crippen LogP contribution in [0.2, 0.25) is 0 Å². The topological polar surface area (TPSA) is 111 Å². The van der Waals surface area contributed by atoms with Crippen LogP contribution in [-0.4, -0.2) is 38.5 Å². The van der Waals surface area contributed by atoms with Gasteiger partial charge in [-0.15, -0.1) is 5.10 Å². The monoisotopic (exact) mass is 565 g/mol. The summed E-state index contributed by atoms with van der Waals surface area (Å²) in [7, 11) is 0. The number of carboxylic acids is 1. The molecule has 0 amide bonds. The summed E-state index contributed by atoms with van der Waals surface area (Å²) in [6.45, 7) is 0.268. The van der Waals surface area contributed by atoms with Gasteiger partial charge in [0.15, 0.2) is 5.78 Å². The predicted molar refractivity (Wildman–Crippen MR) is 143 cm³/mol. The fourth-order valence-electron chi connectivity index (χ4n) is 5.41. The molecule has 1 fully saturated rings. The van der Waals surface area contributed by atoms with Crippen molar-refractivity contribution in [3.05, 3.63) is 99.8 Å². The summed E-state index contributed by atoms with van der Waals surface area (Å²) in [5, 5.41) is 17.4. The number of aliphatic carboxylic acids is 1. The Labute approximate surface area is 232 Å². The summed E-state index contributed by atoms with van der Waals surface area (Å²) >= 11 is 0. The molecule has 1 aliphatic carbocycles. The molecule has 3 atom stereocenters. The lowest BCUT2D eigenvalue weighted by Crippen LogP contribution is -2.34. The number of hydrogen-bond acceptors (Lipinski definition) is 6. The van der Waals surface area contributed by atoms with Gasteiger partial charge < -0.3 is 9.84 Å². The van der Waals surface area contributed by atoms with E-state index in [4.69, 9.17) is 4.74 Å². The van der Waals surface area contributed by atoms with Crippen molar-refractivity contribution in [2.45, 2.75) is 32.0 Å². The van der Waals surface area contributed by atoms with Crippen molar-refractivity contribution in [1.29, 1.82) is 0 Å². The first-order chi connectivity index (χ1) is 19.6. The van der Waals surface area contributed by atoms with Crippen LogP contribution >= 0.6 is 0 Å². The minimum atomic E-state index is -4.64. The first kappa shape index (κ1) is 28.0. The molecule has 1 aromatic heterocycles. The number of benzene rings is 3. The zero-order valence-corrected chi connectivity index (χ0v) is 21.8. The van der Waals surface area contributed by atoms with Gasteiger partial charge in [-0.2, -0.15) is 13.2 Å². The van der Waals surface area contributed by atoms with E-state index < -0.39 is 41.0 Å². The Hall–Kier alpha value is -4.54. The highest BCUT2D eigenvalue weighted by molar-refractivity contribution is 6.00. The molecule has 212 valence electrons. The van der Waals surface area contributed by atoms with E-state index in [9.17, 15) is 32.7 Å². The van der Waals surface area contributed by atoms with Crippen molar-refractivity contribution in [2.75, 3.05) is 6.61 Å². The Balaban J connectivity index is 1.28. The van der Waals surface area contributed by atoms with Gasteiger partial charge in [-0.25, -0.2) is 4.68 Å². The normalized spacial score (nSPS) is 18.9. The summed E-state index contributed by atoms with van der Waals surface area (Å²) in [6.07, 6.45) is -3.32. The van der Waals surface area contributed by atoms with Crippen LogP contribution in [0.3, 0.4) is 0 Å². The number of rotatable bonds is 9. The van der Waals surface area contributed by atoms with E-state index in [1.54, 1.807) is 24.3 Å². The summed E-state index contributed by atoms with van der Waals surface area (Å²) in [4.78, 5) is 38.6. The number of halogens is 3. The minimum absolute atomic E-state index is 0.000929. The molecule has 3 unspecified atom stereocenters. The number of ketones is 1. The number of alkyl halides is 3. The van der Waals surface area contributed by atoms with Crippen molar-refractivity contribution >= 4 is 22.7 Å². The summed E-state index contributed by atoms with van der Waals surface area (Å²) < 4.78 is 46.2. The number of carbonyl (C=O) groups is 2.